The molecule has 5 nitrogen and oxygen atoms in total. The molecular weight excluding hydrogens is 300 g/mol. The van der Waals surface area contributed by atoms with Gasteiger partial charge in [-0.3, -0.25) is 10.1 Å². The number of carbonyl (C=O) groups is 1. The van der Waals surface area contributed by atoms with Crippen molar-refractivity contribution in [3.8, 4) is 0 Å². The van der Waals surface area contributed by atoms with Crippen LogP contribution < -0.4 is 20.6 Å². The van der Waals surface area contributed by atoms with Crippen LogP contribution >= 0.6 is 11.6 Å². The van der Waals surface area contributed by atoms with E-state index in [9.17, 15) is 4.79 Å². The van der Waals surface area contributed by atoms with Crippen LogP contribution in [0.3, 0.4) is 0 Å². The van der Waals surface area contributed by atoms with Crippen molar-refractivity contribution in [1.29, 1.82) is 0 Å². The van der Waals surface area contributed by atoms with E-state index in [0.29, 0.717) is 29.6 Å². The van der Waals surface area contributed by atoms with E-state index in [1.807, 2.05) is 13.1 Å². The summed E-state index contributed by atoms with van der Waals surface area (Å²) in [7, 11) is 0. The smallest absolute Gasteiger partial charge is 0.349 e. The van der Waals surface area contributed by atoms with Gasteiger partial charge in [0, 0.05) is 12.1 Å². The van der Waals surface area contributed by atoms with E-state index in [-0.39, 0.29) is 5.91 Å². The highest BCUT2D eigenvalue weighted by molar-refractivity contribution is 6.33. The standard InChI is InChI=1S/C16H19ClN4O/c1-3-14-11(2)10-20-16(21-14)19-9-8-18-15(22)12-6-4-5-7-13(12)17/h4-7,10H,3,8-9H2,1-2H3,(H2,18,19,20,21,22)/p+1. The number of hydrogen-bond acceptors (Lipinski definition) is 3. The fourth-order valence-corrected chi connectivity index (χ4v) is 2.29. The Labute approximate surface area is 135 Å². The number of carbonyl (C=O) groups excluding carboxylic acids is 1. The first-order chi connectivity index (χ1) is 10.6. The van der Waals surface area contributed by atoms with Crippen molar-refractivity contribution in [2.24, 2.45) is 0 Å². The van der Waals surface area contributed by atoms with Crippen LogP contribution in [0.5, 0.6) is 0 Å². The summed E-state index contributed by atoms with van der Waals surface area (Å²) in [6.07, 6.45) is 2.76. The largest absolute Gasteiger partial charge is 0.443 e. The topological polar surface area (TPSA) is 67.3 Å². The van der Waals surface area contributed by atoms with Gasteiger partial charge in [0.2, 0.25) is 0 Å². The summed E-state index contributed by atoms with van der Waals surface area (Å²) in [4.78, 5) is 12.0. The first-order valence-electron chi connectivity index (χ1n) is 7.26. The zero-order chi connectivity index (χ0) is 15.9. The molecule has 0 saturated carbocycles. The van der Waals surface area contributed by atoms with Gasteiger partial charge >= 0.3 is 5.96 Å². The van der Waals surface area contributed by atoms with Crippen molar-refractivity contribution >= 4 is 29.7 Å². The minimum absolute atomic E-state index is 0.178. The number of halogens is 1. The van der Waals surface area contributed by atoms with Crippen molar-refractivity contribution < 1.29 is 4.79 Å². The van der Waals surface area contributed by atoms with Crippen LogP contribution in [0, 0.1) is 0 Å². The number of benzene rings is 1. The number of hydrogen-bond donors (Lipinski definition) is 3. The Morgan fingerprint density at radius 2 is 2.09 bits per heavy atom. The molecule has 0 bridgehead atoms. The summed E-state index contributed by atoms with van der Waals surface area (Å²) in [5.74, 6) is 0.525. The third-order valence-corrected chi connectivity index (χ3v) is 3.64. The van der Waals surface area contributed by atoms with Crippen LogP contribution in [0.2, 0.25) is 5.02 Å². The van der Waals surface area contributed by atoms with Gasteiger partial charge in [0.05, 0.1) is 22.8 Å². The molecule has 1 aliphatic heterocycles. The lowest BCUT2D eigenvalue weighted by Gasteiger charge is -2.09. The predicted octanol–water partition coefficient (Wildman–Crippen LogP) is 1.44. The average Bonchev–Trinajstić information content (AvgIpc) is 2.53. The Bertz CT molecular complexity index is 660. The number of rotatable bonds is 5. The van der Waals surface area contributed by atoms with Gasteiger partial charge in [-0.1, -0.05) is 30.7 Å². The van der Waals surface area contributed by atoms with Gasteiger partial charge in [-0.05, 0) is 25.5 Å². The predicted molar refractivity (Wildman–Crippen MR) is 91.1 cm³/mol. The highest BCUT2D eigenvalue weighted by atomic mass is 35.5. The van der Waals surface area contributed by atoms with Crippen LogP contribution in [0.25, 0.3) is 0 Å². The molecule has 1 aliphatic rings. The van der Waals surface area contributed by atoms with Gasteiger partial charge in [0.25, 0.3) is 5.91 Å². The number of nitrogens with one attached hydrogen (secondary N) is 3. The number of guanidine groups is 1. The molecule has 0 fully saturated rings. The number of nitrogens with zero attached hydrogens (tertiary/aromatic N) is 1. The van der Waals surface area contributed by atoms with E-state index in [2.05, 4.69) is 27.5 Å². The fraction of sp³-hybridized carbons (Fsp3) is 0.312. The van der Waals surface area contributed by atoms with Gasteiger partial charge < -0.3 is 5.32 Å². The summed E-state index contributed by atoms with van der Waals surface area (Å²) in [5.41, 5.74) is 2.77. The molecule has 0 spiro atoms. The lowest BCUT2D eigenvalue weighted by atomic mass is 10.2. The lowest BCUT2D eigenvalue weighted by molar-refractivity contribution is 0.0954. The second-order valence-electron chi connectivity index (χ2n) is 4.91. The molecule has 1 heterocycles. The molecule has 0 saturated heterocycles. The first kappa shape index (κ1) is 16.1. The minimum Gasteiger partial charge on any atom is -0.349 e. The van der Waals surface area contributed by atoms with Crippen LogP contribution in [0.4, 0.5) is 0 Å². The van der Waals surface area contributed by atoms with E-state index in [1.165, 1.54) is 0 Å². The highest BCUT2D eigenvalue weighted by Crippen LogP contribution is 2.14. The van der Waals surface area contributed by atoms with Gasteiger partial charge in [-0.15, -0.1) is 0 Å². The summed E-state index contributed by atoms with van der Waals surface area (Å²) in [6.45, 7) is 5.17. The Morgan fingerprint density at radius 1 is 1.32 bits per heavy atom. The van der Waals surface area contributed by atoms with E-state index < -0.39 is 0 Å². The van der Waals surface area contributed by atoms with E-state index in [0.717, 1.165) is 17.7 Å². The van der Waals surface area contributed by atoms with Crippen LogP contribution in [-0.4, -0.2) is 31.2 Å². The first-order valence-corrected chi connectivity index (χ1v) is 7.64. The van der Waals surface area contributed by atoms with E-state index in [4.69, 9.17) is 11.6 Å². The normalized spacial score (nSPS) is 13.5. The zero-order valence-corrected chi connectivity index (χ0v) is 13.5. The number of allylic oxidation sites excluding steroid dienone is 2. The molecule has 116 valence electrons. The molecule has 0 atom stereocenters. The average molecular weight is 320 g/mol. The molecule has 0 aromatic heterocycles. The summed E-state index contributed by atoms with van der Waals surface area (Å²) in [6, 6.07) is 6.99. The molecule has 0 radical (unpaired) electrons. The van der Waals surface area contributed by atoms with Gasteiger partial charge in [-0.25, -0.2) is 9.98 Å². The van der Waals surface area contributed by atoms with Crippen LogP contribution in [-0.2, 0) is 0 Å². The maximum atomic E-state index is 12.0. The Kier molecular flexibility index (Phi) is 5.64. The molecule has 1 aromatic carbocycles. The third-order valence-electron chi connectivity index (χ3n) is 3.31. The molecular formula is C16H20ClN4O+. The quantitative estimate of drug-likeness (QED) is 0.568. The lowest BCUT2D eigenvalue weighted by Crippen LogP contribution is -2.44. The van der Waals surface area contributed by atoms with Crippen molar-refractivity contribution in [2.75, 3.05) is 13.1 Å². The Balaban J connectivity index is 1.78. The molecule has 1 aromatic rings. The monoisotopic (exact) mass is 319 g/mol. The molecule has 22 heavy (non-hydrogen) atoms. The molecule has 3 N–H and O–H groups in total. The molecule has 0 unspecified atom stereocenters. The summed E-state index contributed by atoms with van der Waals surface area (Å²) >= 11 is 5.98. The van der Waals surface area contributed by atoms with Gasteiger partial charge in [-0.2, -0.15) is 0 Å². The molecule has 1 amide bonds. The number of amides is 1. The Morgan fingerprint density at radius 3 is 2.82 bits per heavy atom. The Hall–Kier alpha value is -2.23. The summed E-state index contributed by atoms with van der Waals surface area (Å²) in [5, 5.41) is 9.66. The molecule has 2 rings (SSSR count). The maximum Gasteiger partial charge on any atom is 0.443 e. The van der Waals surface area contributed by atoms with Gasteiger partial charge in [0.1, 0.15) is 0 Å². The fourth-order valence-electron chi connectivity index (χ4n) is 2.07. The van der Waals surface area contributed by atoms with Crippen LogP contribution in [0.15, 0.2) is 35.5 Å². The molecule has 6 heteroatoms. The maximum absolute atomic E-state index is 12.0. The van der Waals surface area contributed by atoms with E-state index in [1.54, 1.807) is 24.3 Å². The van der Waals surface area contributed by atoms with E-state index >= 15 is 0 Å². The van der Waals surface area contributed by atoms with Crippen molar-refractivity contribution in [3.05, 3.63) is 46.1 Å². The van der Waals surface area contributed by atoms with Crippen LogP contribution in [0.1, 0.15) is 30.6 Å². The van der Waals surface area contributed by atoms with Crippen molar-refractivity contribution in [1.82, 2.24) is 20.6 Å². The van der Waals surface area contributed by atoms with Gasteiger partial charge in [0.15, 0.2) is 6.21 Å². The SMILES string of the molecule is CCC1=C(C)C=[N+]=C(NCCNC(=O)c2ccccc2Cl)N1. The second-order valence-corrected chi connectivity index (χ2v) is 5.32. The zero-order valence-electron chi connectivity index (χ0n) is 12.7. The van der Waals surface area contributed by atoms with Crippen molar-refractivity contribution in [3.63, 3.8) is 0 Å². The molecule has 0 aliphatic carbocycles. The second kappa shape index (κ2) is 7.69. The van der Waals surface area contributed by atoms with Crippen molar-refractivity contribution in [2.45, 2.75) is 20.3 Å². The third kappa shape index (κ3) is 4.13. The minimum atomic E-state index is -0.178. The summed E-state index contributed by atoms with van der Waals surface area (Å²) < 4.78 is 4.28. The highest BCUT2D eigenvalue weighted by Gasteiger charge is 2.16.